The van der Waals surface area contributed by atoms with Gasteiger partial charge in [0, 0.05) is 36.4 Å². The van der Waals surface area contributed by atoms with Crippen LogP contribution in [0.1, 0.15) is 47.9 Å². The number of nitrogens with one attached hydrogen (secondary N) is 2. The van der Waals surface area contributed by atoms with Crippen LogP contribution in [0.5, 0.6) is 0 Å². The number of nitrogens with zero attached hydrogens (tertiary/aromatic N) is 1. The molecule has 212 valence electrons. The molecule has 3 rings (SSSR count). The fourth-order valence-corrected chi connectivity index (χ4v) is 4.35. The third kappa shape index (κ3) is 8.84. The summed E-state index contributed by atoms with van der Waals surface area (Å²) in [7, 11) is 3.83. The van der Waals surface area contributed by atoms with E-state index in [1.807, 2.05) is 43.3 Å². The van der Waals surface area contributed by atoms with Gasteiger partial charge in [-0.2, -0.15) is 26.3 Å². The average molecular weight is 556 g/mol. The molecule has 5 nitrogen and oxygen atoms in total. The minimum Gasteiger partial charge on any atom is -0.361 e. The van der Waals surface area contributed by atoms with Crippen molar-refractivity contribution in [1.29, 1.82) is 0 Å². The van der Waals surface area contributed by atoms with E-state index >= 15 is 0 Å². The smallest absolute Gasteiger partial charge is 0.361 e. The van der Waals surface area contributed by atoms with Crippen LogP contribution in [-0.4, -0.2) is 48.3 Å². The van der Waals surface area contributed by atoms with Crippen molar-refractivity contribution < 1.29 is 35.9 Å². The summed E-state index contributed by atoms with van der Waals surface area (Å²) in [5.74, 6) is -0.821. The predicted molar refractivity (Wildman–Crippen MR) is 136 cm³/mol. The second kappa shape index (κ2) is 12.7. The molecule has 2 aromatic carbocycles. The summed E-state index contributed by atoms with van der Waals surface area (Å²) in [5, 5.41) is 3.59. The van der Waals surface area contributed by atoms with E-state index in [0.717, 1.165) is 29.4 Å². The van der Waals surface area contributed by atoms with Crippen LogP contribution in [0.4, 0.5) is 26.3 Å². The first kappa shape index (κ1) is 30.2. The molecule has 0 saturated carbocycles. The number of aromatic amines is 1. The number of unbranched alkanes of at least 4 members (excludes halogenated alkanes) is 1. The van der Waals surface area contributed by atoms with E-state index in [4.69, 9.17) is 0 Å². The first-order valence-electron chi connectivity index (χ1n) is 12.5. The molecule has 0 fully saturated rings. The summed E-state index contributed by atoms with van der Waals surface area (Å²) in [6.45, 7) is 0.794. The Bertz CT molecular complexity index is 1250. The van der Waals surface area contributed by atoms with Crippen LogP contribution < -0.4 is 5.32 Å². The third-order valence-electron chi connectivity index (χ3n) is 6.39. The summed E-state index contributed by atoms with van der Waals surface area (Å²) >= 11 is 0. The van der Waals surface area contributed by atoms with Gasteiger partial charge in [-0.3, -0.25) is 9.59 Å². The average Bonchev–Trinajstić information content (AvgIpc) is 3.26. The maximum atomic E-state index is 13.2. The molecule has 1 heterocycles. The molecule has 1 amide bonds. The van der Waals surface area contributed by atoms with Gasteiger partial charge < -0.3 is 15.2 Å². The quantitative estimate of drug-likeness (QED) is 0.208. The number of benzene rings is 2. The minimum absolute atomic E-state index is 0.0572. The molecule has 3 aromatic rings. The van der Waals surface area contributed by atoms with Crippen molar-refractivity contribution in [3.05, 3.63) is 70.9 Å². The lowest BCUT2D eigenvalue weighted by Gasteiger charge is -2.19. The zero-order valence-corrected chi connectivity index (χ0v) is 21.7. The number of hydrogen-bond donors (Lipinski definition) is 2. The number of hydrogen-bond acceptors (Lipinski definition) is 3. The maximum absolute atomic E-state index is 13.2. The molecule has 0 aliphatic heterocycles. The highest BCUT2D eigenvalue weighted by atomic mass is 19.4. The molecular formula is C28H31F6N3O2. The van der Waals surface area contributed by atoms with Gasteiger partial charge in [0.25, 0.3) is 0 Å². The Hall–Kier alpha value is -3.34. The van der Waals surface area contributed by atoms with Crippen LogP contribution in [0.25, 0.3) is 10.9 Å². The van der Waals surface area contributed by atoms with E-state index < -0.39 is 35.3 Å². The zero-order chi connectivity index (χ0) is 28.8. The Kier molecular flexibility index (Phi) is 9.82. The number of fused-ring (bicyclic) bond motifs is 1. The number of halogens is 6. The lowest BCUT2D eigenvalue weighted by atomic mass is 9.95. The Morgan fingerprint density at radius 3 is 2.18 bits per heavy atom. The second-order valence-corrected chi connectivity index (χ2v) is 9.82. The maximum Gasteiger partial charge on any atom is 0.416 e. The van der Waals surface area contributed by atoms with E-state index in [9.17, 15) is 35.9 Å². The van der Waals surface area contributed by atoms with Crippen molar-refractivity contribution in [1.82, 2.24) is 15.2 Å². The summed E-state index contributed by atoms with van der Waals surface area (Å²) < 4.78 is 79.4. The van der Waals surface area contributed by atoms with E-state index in [-0.39, 0.29) is 43.2 Å². The van der Waals surface area contributed by atoms with Gasteiger partial charge in [0.2, 0.25) is 5.91 Å². The summed E-state index contributed by atoms with van der Waals surface area (Å²) in [4.78, 5) is 30.9. The molecule has 11 heteroatoms. The second-order valence-electron chi connectivity index (χ2n) is 9.82. The van der Waals surface area contributed by atoms with Gasteiger partial charge in [0.15, 0.2) is 5.78 Å². The summed E-state index contributed by atoms with van der Waals surface area (Å²) in [5.41, 5.74) is -1.53. The van der Waals surface area contributed by atoms with Crippen LogP contribution in [0.2, 0.25) is 0 Å². The van der Waals surface area contributed by atoms with Crippen LogP contribution in [0.15, 0.2) is 48.7 Å². The lowest BCUT2D eigenvalue weighted by molar-refractivity contribution is -0.143. The van der Waals surface area contributed by atoms with Crippen LogP contribution in [-0.2, 0) is 34.8 Å². The number of carbonyl (C=O) groups is 2. The largest absolute Gasteiger partial charge is 0.416 e. The normalized spacial score (nSPS) is 13.2. The topological polar surface area (TPSA) is 65.2 Å². The van der Waals surface area contributed by atoms with Crippen molar-refractivity contribution in [2.24, 2.45) is 0 Å². The van der Waals surface area contributed by atoms with Crippen molar-refractivity contribution in [3.63, 3.8) is 0 Å². The highest BCUT2D eigenvalue weighted by Crippen LogP contribution is 2.36. The molecule has 0 bridgehead atoms. The first-order valence-corrected chi connectivity index (χ1v) is 12.5. The Balaban J connectivity index is 1.78. The fraction of sp³-hybridized carbons (Fsp3) is 0.429. The number of carbonyl (C=O) groups excluding carboxylic acids is 2. The van der Waals surface area contributed by atoms with Gasteiger partial charge in [0.05, 0.1) is 17.2 Å². The predicted octanol–water partition coefficient (Wildman–Crippen LogP) is 6.17. The van der Waals surface area contributed by atoms with E-state index in [0.29, 0.717) is 18.6 Å². The number of rotatable bonds is 12. The highest BCUT2D eigenvalue weighted by molar-refractivity contribution is 5.91. The van der Waals surface area contributed by atoms with Crippen LogP contribution in [0.3, 0.4) is 0 Å². The van der Waals surface area contributed by atoms with Gasteiger partial charge in [-0.15, -0.1) is 0 Å². The standard InChI is InChI=1S/C28H31F6N3O2/c1-37(2)12-6-5-9-26(39)36-24(15-19-17-35-23-8-4-3-7-22(19)23)25(38)11-10-18-13-20(27(29,30)31)16-21(14-18)28(32,33)34/h3-4,7-8,13-14,16-17,24,35H,5-6,9-12,15H2,1-2H3,(H,36,39). The lowest BCUT2D eigenvalue weighted by Crippen LogP contribution is -2.42. The number of aryl methyl sites for hydroxylation is 1. The van der Waals surface area contributed by atoms with Gasteiger partial charge in [-0.1, -0.05) is 18.2 Å². The monoisotopic (exact) mass is 555 g/mol. The summed E-state index contributed by atoms with van der Waals surface area (Å²) in [6, 6.07) is 7.69. The van der Waals surface area contributed by atoms with Gasteiger partial charge in [0.1, 0.15) is 0 Å². The van der Waals surface area contributed by atoms with Crippen molar-refractivity contribution in [2.45, 2.75) is 56.9 Å². The molecule has 1 aromatic heterocycles. The molecule has 2 N–H and O–H groups in total. The Morgan fingerprint density at radius 1 is 0.923 bits per heavy atom. The molecule has 1 atom stereocenters. The Labute approximate surface area is 222 Å². The summed E-state index contributed by atoms with van der Waals surface area (Å²) in [6.07, 6.45) is -7.22. The molecule has 0 aliphatic rings. The zero-order valence-electron chi connectivity index (χ0n) is 21.7. The first-order chi connectivity index (χ1) is 18.2. The van der Waals surface area contributed by atoms with Gasteiger partial charge in [-0.25, -0.2) is 0 Å². The number of ketones is 1. The number of amides is 1. The molecule has 39 heavy (non-hydrogen) atoms. The van der Waals surface area contributed by atoms with Crippen molar-refractivity contribution in [2.75, 3.05) is 20.6 Å². The fourth-order valence-electron chi connectivity index (χ4n) is 4.35. The van der Waals surface area contributed by atoms with Gasteiger partial charge >= 0.3 is 12.4 Å². The minimum atomic E-state index is -4.97. The molecular weight excluding hydrogens is 524 g/mol. The van der Waals surface area contributed by atoms with Crippen molar-refractivity contribution in [3.8, 4) is 0 Å². The third-order valence-corrected chi connectivity index (χ3v) is 6.39. The molecule has 0 radical (unpaired) electrons. The molecule has 1 unspecified atom stereocenters. The molecule has 0 spiro atoms. The highest BCUT2D eigenvalue weighted by Gasteiger charge is 2.37. The SMILES string of the molecule is CN(C)CCCCC(=O)NC(Cc1c[nH]c2ccccc12)C(=O)CCc1cc(C(F)(F)F)cc(C(F)(F)F)c1. The van der Waals surface area contributed by atoms with Gasteiger partial charge in [-0.05, 0) is 75.3 Å². The van der Waals surface area contributed by atoms with Crippen LogP contribution in [0, 0.1) is 0 Å². The van der Waals surface area contributed by atoms with E-state index in [1.165, 1.54) is 0 Å². The number of H-pyrrole nitrogens is 1. The van der Waals surface area contributed by atoms with E-state index in [2.05, 4.69) is 10.3 Å². The number of alkyl halides is 6. The molecule has 0 aliphatic carbocycles. The number of aromatic nitrogens is 1. The van der Waals surface area contributed by atoms with Crippen molar-refractivity contribution >= 4 is 22.6 Å². The molecule has 0 saturated heterocycles. The van der Waals surface area contributed by atoms with E-state index in [1.54, 1.807) is 6.20 Å². The van der Waals surface area contributed by atoms with Crippen LogP contribution >= 0.6 is 0 Å². The Morgan fingerprint density at radius 2 is 1.56 bits per heavy atom. The number of para-hydroxylation sites is 1. The number of Topliss-reactive ketones (excluding diaryl/α,β-unsaturated/α-hetero) is 1.